The smallest absolute Gasteiger partial charge is 0.406 e. The Bertz CT molecular complexity index is 552. The molecule has 2 aromatic rings. The van der Waals surface area contributed by atoms with Crippen LogP contribution in [0.5, 0.6) is 5.75 Å². The quantitative estimate of drug-likeness (QED) is 0.804. The molecule has 1 aromatic heterocycles. The molecule has 1 aromatic carbocycles. The summed E-state index contributed by atoms with van der Waals surface area (Å²) in [6.45, 7) is 1.68. The molecule has 1 heterocycles. The number of ether oxygens (including phenoxy) is 1. The fourth-order valence-corrected chi connectivity index (χ4v) is 1.40. The Morgan fingerprint density at radius 1 is 1.26 bits per heavy atom. The highest BCUT2D eigenvalue weighted by Gasteiger charge is 2.31. The van der Waals surface area contributed by atoms with E-state index in [2.05, 4.69) is 14.9 Å². The van der Waals surface area contributed by atoms with Crippen molar-refractivity contribution in [2.24, 2.45) is 0 Å². The minimum atomic E-state index is -4.72. The maximum atomic E-state index is 12.0. The molecule has 1 unspecified atom stereocenters. The molecule has 0 saturated carbocycles. The van der Waals surface area contributed by atoms with Gasteiger partial charge in [0.25, 0.3) is 5.89 Å². The molecular formula is C11H8ClF3N2O2. The average Bonchev–Trinajstić information content (AvgIpc) is 2.77. The fraction of sp³-hybridized carbons (Fsp3) is 0.273. The normalized spacial score (nSPS) is 13.3. The van der Waals surface area contributed by atoms with Crippen LogP contribution in [-0.4, -0.2) is 16.5 Å². The number of halogens is 4. The lowest BCUT2D eigenvalue weighted by Gasteiger charge is -2.08. The van der Waals surface area contributed by atoms with Crippen LogP contribution in [0.25, 0.3) is 11.5 Å². The molecule has 8 heteroatoms. The second-order valence-electron chi connectivity index (χ2n) is 3.65. The van der Waals surface area contributed by atoms with Crippen LogP contribution in [-0.2, 0) is 0 Å². The summed E-state index contributed by atoms with van der Waals surface area (Å²) in [6.07, 6.45) is -4.72. The van der Waals surface area contributed by atoms with Gasteiger partial charge in [-0.2, -0.15) is 4.98 Å². The molecule has 2 rings (SSSR count). The van der Waals surface area contributed by atoms with Crippen LogP contribution in [0.2, 0.25) is 0 Å². The molecular weight excluding hydrogens is 285 g/mol. The molecule has 0 saturated heterocycles. The van der Waals surface area contributed by atoms with Crippen molar-refractivity contribution in [3.63, 3.8) is 0 Å². The summed E-state index contributed by atoms with van der Waals surface area (Å²) in [4.78, 5) is 4.01. The van der Waals surface area contributed by atoms with Gasteiger partial charge >= 0.3 is 6.36 Å². The van der Waals surface area contributed by atoms with Gasteiger partial charge in [-0.1, -0.05) is 5.16 Å². The molecule has 102 valence electrons. The number of alkyl halides is 4. The van der Waals surface area contributed by atoms with Crippen LogP contribution in [0.3, 0.4) is 0 Å². The minimum absolute atomic E-state index is 0.182. The molecule has 0 N–H and O–H groups in total. The molecule has 0 radical (unpaired) electrons. The van der Waals surface area contributed by atoms with Gasteiger partial charge in [0.15, 0.2) is 5.82 Å². The maximum absolute atomic E-state index is 12.0. The van der Waals surface area contributed by atoms with Gasteiger partial charge in [-0.25, -0.2) is 0 Å². The second kappa shape index (κ2) is 5.08. The molecule has 1 atom stereocenters. The average molecular weight is 293 g/mol. The van der Waals surface area contributed by atoms with Crippen LogP contribution in [0.1, 0.15) is 18.1 Å². The van der Waals surface area contributed by atoms with E-state index in [0.29, 0.717) is 11.4 Å². The molecule has 0 aliphatic heterocycles. The van der Waals surface area contributed by atoms with Crippen molar-refractivity contribution in [2.45, 2.75) is 18.7 Å². The Morgan fingerprint density at radius 3 is 2.37 bits per heavy atom. The minimum Gasteiger partial charge on any atom is -0.406 e. The van der Waals surface area contributed by atoms with Gasteiger partial charge in [0.1, 0.15) is 5.75 Å². The Kier molecular flexibility index (Phi) is 3.66. The first-order valence-corrected chi connectivity index (χ1v) is 5.62. The third-order valence-electron chi connectivity index (χ3n) is 2.13. The summed E-state index contributed by atoms with van der Waals surface area (Å²) in [5.41, 5.74) is 0.477. The van der Waals surface area contributed by atoms with Crippen LogP contribution >= 0.6 is 11.6 Å². The monoisotopic (exact) mass is 292 g/mol. The van der Waals surface area contributed by atoms with Crippen molar-refractivity contribution in [1.82, 2.24) is 10.1 Å². The van der Waals surface area contributed by atoms with Crippen molar-refractivity contribution >= 4 is 11.6 Å². The molecule has 4 nitrogen and oxygen atoms in total. The second-order valence-corrected chi connectivity index (χ2v) is 4.30. The number of hydrogen-bond acceptors (Lipinski definition) is 4. The van der Waals surface area contributed by atoms with Gasteiger partial charge < -0.3 is 9.26 Å². The van der Waals surface area contributed by atoms with Gasteiger partial charge in [-0.15, -0.1) is 24.8 Å². The number of rotatable bonds is 3. The van der Waals surface area contributed by atoms with Crippen molar-refractivity contribution in [2.75, 3.05) is 0 Å². The lowest BCUT2D eigenvalue weighted by molar-refractivity contribution is -0.274. The zero-order chi connectivity index (χ0) is 14.0. The highest BCUT2D eigenvalue weighted by Crippen LogP contribution is 2.26. The summed E-state index contributed by atoms with van der Waals surface area (Å²) < 4.78 is 44.6. The van der Waals surface area contributed by atoms with E-state index >= 15 is 0 Å². The van der Waals surface area contributed by atoms with Gasteiger partial charge in [0.05, 0.1) is 5.38 Å². The zero-order valence-electron chi connectivity index (χ0n) is 9.61. The first-order chi connectivity index (χ1) is 8.85. The molecule has 0 fully saturated rings. The van der Waals surface area contributed by atoms with Gasteiger partial charge in [0, 0.05) is 5.56 Å². The molecule has 19 heavy (non-hydrogen) atoms. The van der Waals surface area contributed by atoms with E-state index in [0.717, 1.165) is 12.1 Å². The molecule has 0 aliphatic rings. The summed E-state index contributed by atoms with van der Waals surface area (Å²) >= 11 is 5.77. The number of nitrogens with zero attached hydrogens (tertiary/aromatic N) is 2. The first-order valence-electron chi connectivity index (χ1n) is 5.19. The number of benzene rings is 1. The first kappa shape index (κ1) is 13.7. The van der Waals surface area contributed by atoms with Gasteiger partial charge in [-0.05, 0) is 31.2 Å². The molecule has 0 spiro atoms. The molecule has 0 aliphatic carbocycles. The van der Waals surface area contributed by atoms with E-state index in [9.17, 15) is 13.2 Å². The lowest BCUT2D eigenvalue weighted by atomic mass is 10.2. The van der Waals surface area contributed by atoms with E-state index in [1.807, 2.05) is 0 Å². The topological polar surface area (TPSA) is 48.2 Å². The van der Waals surface area contributed by atoms with Crippen LogP contribution < -0.4 is 4.74 Å². The Morgan fingerprint density at radius 2 is 1.89 bits per heavy atom. The van der Waals surface area contributed by atoms with E-state index < -0.39 is 11.7 Å². The van der Waals surface area contributed by atoms with Crippen molar-refractivity contribution < 1.29 is 22.4 Å². The predicted octanol–water partition coefficient (Wildman–Crippen LogP) is 3.94. The van der Waals surface area contributed by atoms with E-state index in [4.69, 9.17) is 16.1 Å². The van der Waals surface area contributed by atoms with E-state index in [1.54, 1.807) is 6.92 Å². The van der Waals surface area contributed by atoms with Crippen molar-refractivity contribution in [3.8, 4) is 17.2 Å². The Labute approximate surface area is 111 Å². The summed E-state index contributed by atoms with van der Waals surface area (Å²) in [5.74, 6) is 0.176. The Hall–Kier alpha value is -1.76. The summed E-state index contributed by atoms with van der Waals surface area (Å²) in [6, 6.07) is 5.10. The highest BCUT2D eigenvalue weighted by molar-refractivity contribution is 6.20. The van der Waals surface area contributed by atoms with Crippen LogP contribution in [0, 0.1) is 0 Å². The third kappa shape index (κ3) is 3.60. The van der Waals surface area contributed by atoms with Crippen LogP contribution in [0.15, 0.2) is 28.8 Å². The number of hydrogen-bond donors (Lipinski definition) is 0. The third-order valence-corrected chi connectivity index (χ3v) is 2.33. The Balaban J connectivity index is 2.17. The molecule has 0 amide bonds. The van der Waals surface area contributed by atoms with Gasteiger partial charge in [0.2, 0.25) is 0 Å². The van der Waals surface area contributed by atoms with Crippen molar-refractivity contribution in [1.29, 1.82) is 0 Å². The fourth-order valence-electron chi connectivity index (χ4n) is 1.31. The summed E-state index contributed by atoms with van der Waals surface area (Å²) in [7, 11) is 0. The summed E-state index contributed by atoms with van der Waals surface area (Å²) in [5, 5.41) is 3.23. The predicted molar refractivity (Wildman–Crippen MR) is 60.7 cm³/mol. The molecule has 0 bridgehead atoms. The largest absolute Gasteiger partial charge is 0.573 e. The van der Waals surface area contributed by atoms with Crippen molar-refractivity contribution in [3.05, 3.63) is 30.1 Å². The van der Waals surface area contributed by atoms with E-state index in [-0.39, 0.29) is 11.6 Å². The van der Waals surface area contributed by atoms with Crippen LogP contribution in [0.4, 0.5) is 13.2 Å². The standard InChI is InChI=1S/C11H8ClF3N2O2/c1-6(12)9-16-10(19-17-9)7-2-4-8(5-3-7)18-11(13,14)15/h2-6H,1H3. The SMILES string of the molecule is CC(Cl)c1noc(-c2ccc(OC(F)(F)F)cc2)n1. The number of aromatic nitrogens is 2. The maximum Gasteiger partial charge on any atom is 0.573 e. The lowest BCUT2D eigenvalue weighted by Crippen LogP contribution is -2.16. The zero-order valence-corrected chi connectivity index (χ0v) is 10.4. The van der Waals surface area contributed by atoms with Gasteiger partial charge in [-0.3, -0.25) is 0 Å². The highest BCUT2D eigenvalue weighted by atomic mass is 35.5. The van der Waals surface area contributed by atoms with E-state index in [1.165, 1.54) is 12.1 Å².